The molecule has 2 heterocycles. The monoisotopic (exact) mass is 244 g/mol. The van der Waals surface area contributed by atoms with E-state index in [-0.39, 0.29) is 0 Å². The zero-order chi connectivity index (χ0) is 9.26. The Balaban J connectivity index is 2.52. The molecule has 0 saturated heterocycles. The number of hydrogen-bond acceptors (Lipinski definition) is 4. The van der Waals surface area contributed by atoms with Crippen molar-refractivity contribution < 1.29 is 9.47 Å². The third-order valence-electron chi connectivity index (χ3n) is 1.80. The minimum atomic E-state index is 0.603. The molecule has 4 nitrogen and oxygen atoms in total. The summed E-state index contributed by atoms with van der Waals surface area (Å²) >= 11 is 3.35. The number of rotatable bonds is 1. The number of ether oxygens (including phenoxy) is 2. The van der Waals surface area contributed by atoms with E-state index < -0.39 is 0 Å². The van der Waals surface area contributed by atoms with Gasteiger partial charge in [0.25, 0.3) is 0 Å². The van der Waals surface area contributed by atoms with Crippen molar-refractivity contribution >= 4 is 21.6 Å². The van der Waals surface area contributed by atoms with E-state index in [1.165, 1.54) is 0 Å². The standard InChI is InChI=1S/C8H9BrN2O2/c1-12-7-5(9)4-11-8-6(7)10-2-3-13-8/h4,10H,2-3H2,1H3. The van der Waals surface area contributed by atoms with Crippen LogP contribution in [0.2, 0.25) is 0 Å². The first-order chi connectivity index (χ1) is 6.33. The topological polar surface area (TPSA) is 43.4 Å². The van der Waals surface area contributed by atoms with Crippen molar-refractivity contribution in [3.05, 3.63) is 10.7 Å². The number of methoxy groups -OCH3 is 1. The summed E-state index contributed by atoms with van der Waals surface area (Å²) in [7, 11) is 1.62. The zero-order valence-electron chi connectivity index (χ0n) is 7.13. The SMILES string of the molecule is COc1c(Br)cnc2c1NCCO2. The summed E-state index contributed by atoms with van der Waals surface area (Å²) in [4.78, 5) is 4.12. The molecule has 1 aliphatic heterocycles. The van der Waals surface area contributed by atoms with Crippen LogP contribution in [0.3, 0.4) is 0 Å². The van der Waals surface area contributed by atoms with Gasteiger partial charge in [-0.1, -0.05) is 0 Å². The molecule has 0 aromatic carbocycles. The second kappa shape index (κ2) is 3.41. The summed E-state index contributed by atoms with van der Waals surface area (Å²) in [6.45, 7) is 1.42. The zero-order valence-corrected chi connectivity index (χ0v) is 8.72. The minimum Gasteiger partial charge on any atom is -0.493 e. The number of hydrogen-bond donors (Lipinski definition) is 1. The Morgan fingerprint density at radius 1 is 1.69 bits per heavy atom. The fourth-order valence-electron chi connectivity index (χ4n) is 1.24. The van der Waals surface area contributed by atoms with Gasteiger partial charge in [-0.3, -0.25) is 0 Å². The van der Waals surface area contributed by atoms with Gasteiger partial charge in [0.1, 0.15) is 12.3 Å². The predicted molar refractivity (Wildman–Crippen MR) is 52.5 cm³/mol. The molecular weight excluding hydrogens is 236 g/mol. The first-order valence-corrected chi connectivity index (χ1v) is 4.71. The van der Waals surface area contributed by atoms with Gasteiger partial charge in [-0.15, -0.1) is 0 Å². The number of halogens is 1. The Kier molecular flexibility index (Phi) is 2.26. The maximum absolute atomic E-state index is 5.35. The lowest BCUT2D eigenvalue weighted by molar-refractivity contribution is 0.305. The molecule has 0 aliphatic carbocycles. The molecule has 0 amide bonds. The maximum Gasteiger partial charge on any atom is 0.241 e. The molecule has 1 aliphatic rings. The van der Waals surface area contributed by atoms with Crippen LogP contribution in [0.1, 0.15) is 0 Å². The highest BCUT2D eigenvalue weighted by Gasteiger charge is 2.18. The predicted octanol–water partition coefficient (Wildman–Crippen LogP) is 1.66. The summed E-state index contributed by atoms with van der Waals surface area (Å²) in [6, 6.07) is 0. The third kappa shape index (κ3) is 1.44. The van der Waals surface area contributed by atoms with E-state index in [4.69, 9.17) is 9.47 Å². The van der Waals surface area contributed by atoms with Crippen LogP contribution in [0.15, 0.2) is 10.7 Å². The fourth-order valence-corrected chi connectivity index (χ4v) is 1.71. The molecule has 13 heavy (non-hydrogen) atoms. The molecule has 70 valence electrons. The highest BCUT2D eigenvalue weighted by molar-refractivity contribution is 9.10. The molecule has 0 fully saturated rings. The Hall–Kier alpha value is -0.970. The Morgan fingerprint density at radius 2 is 2.54 bits per heavy atom. The molecule has 0 radical (unpaired) electrons. The Bertz CT molecular complexity index is 330. The second-order valence-electron chi connectivity index (χ2n) is 2.59. The van der Waals surface area contributed by atoms with E-state index in [2.05, 4.69) is 26.2 Å². The van der Waals surface area contributed by atoms with Gasteiger partial charge in [0.05, 0.1) is 11.6 Å². The second-order valence-corrected chi connectivity index (χ2v) is 3.45. The van der Waals surface area contributed by atoms with Gasteiger partial charge in [-0.05, 0) is 15.9 Å². The summed E-state index contributed by atoms with van der Waals surface area (Å²) in [5.41, 5.74) is 0.822. The molecule has 0 spiro atoms. The van der Waals surface area contributed by atoms with Crippen LogP contribution >= 0.6 is 15.9 Å². The van der Waals surface area contributed by atoms with Crippen LogP contribution in [0.4, 0.5) is 5.69 Å². The summed E-state index contributed by atoms with van der Waals surface area (Å²) in [5.74, 6) is 1.34. The van der Waals surface area contributed by atoms with Gasteiger partial charge in [0.15, 0.2) is 5.75 Å². The van der Waals surface area contributed by atoms with E-state index >= 15 is 0 Å². The van der Waals surface area contributed by atoms with Crippen molar-refractivity contribution in [1.29, 1.82) is 0 Å². The van der Waals surface area contributed by atoms with Crippen LogP contribution in [0.25, 0.3) is 0 Å². The molecule has 2 rings (SSSR count). The fraction of sp³-hybridized carbons (Fsp3) is 0.375. The van der Waals surface area contributed by atoms with Crippen molar-refractivity contribution in [2.45, 2.75) is 0 Å². The van der Waals surface area contributed by atoms with E-state index in [0.717, 1.165) is 22.5 Å². The van der Waals surface area contributed by atoms with Gasteiger partial charge in [-0.2, -0.15) is 0 Å². The molecule has 0 unspecified atom stereocenters. The van der Waals surface area contributed by atoms with Crippen molar-refractivity contribution in [2.24, 2.45) is 0 Å². The largest absolute Gasteiger partial charge is 0.493 e. The van der Waals surface area contributed by atoms with E-state index in [0.29, 0.717) is 12.5 Å². The maximum atomic E-state index is 5.35. The molecular formula is C8H9BrN2O2. The van der Waals surface area contributed by atoms with Crippen molar-refractivity contribution in [3.63, 3.8) is 0 Å². The van der Waals surface area contributed by atoms with Gasteiger partial charge in [-0.25, -0.2) is 4.98 Å². The van der Waals surface area contributed by atoms with E-state index in [9.17, 15) is 0 Å². The summed E-state index contributed by atoms with van der Waals surface area (Å²) in [5, 5.41) is 3.18. The lowest BCUT2D eigenvalue weighted by Gasteiger charge is -2.20. The van der Waals surface area contributed by atoms with E-state index in [1.54, 1.807) is 13.3 Å². The highest BCUT2D eigenvalue weighted by atomic mass is 79.9. The average Bonchev–Trinajstić information content (AvgIpc) is 2.18. The number of pyridine rings is 1. The van der Waals surface area contributed by atoms with Crippen molar-refractivity contribution in [3.8, 4) is 11.6 Å². The first-order valence-electron chi connectivity index (χ1n) is 3.92. The van der Waals surface area contributed by atoms with Gasteiger partial charge in [0.2, 0.25) is 5.88 Å². The quantitative estimate of drug-likeness (QED) is 0.817. The lowest BCUT2D eigenvalue weighted by atomic mass is 10.3. The van der Waals surface area contributed by atoms with Gasteiger partial charge in [0, 0.05) is 12.7 Å². The smallest absolute Gasteiger partial charge is 0.241 e. The van der Waals surface area contributed by atoms with Crippen LogP contribution in [0, 0.1) is 0 Å². The van der Waals surface area contributed by atoms with E-state index in [1.807, 2.05) is 0 Å². The van der Waals surface area contributed by atoms with Crippen LogP contribution < -0.4 is 14.8 Å². The Morgan fingerprint density at radius 3 is 3.31 bits per heavy atom. The molecule has 5 heteroatoms. The van der Waals surface area contributed by atoms with Crippen molar-refractivity contribution in [2.75, 3.05) is 25.6 Å². The average molecular weight is 245 g/mol. The lowest BCUT2D eigenvalue weighted by Crippen LogP contribution is -2.19. The van der Waals surface area contributed by atoms with Gasteiger partial charge < -0.3 is 14.8 Å². The molecule has 0 atom stereocenters. The number of nitrogens with one attached hydrogen (secondary N) is 1. The number of nitrogens with zero attached hydrogens (tertiary/aromatic N) is 1. The van der Waals surface area contributed by atoms with Gasteiger partial charge >= 0.3 is 0 Å². The van der Waals surface area contributed by atoms with Crippen LogP contribution in [-0.4, -0.2) is 25.2 Å². The molecule has 1 N–H and O–H groups in total. The molecule has 1 aromatic heterocycles. The molecule has 1 aromatic rings. The van der Waals surface area contributed by atoms with Crippen LogP contribution in [0.5, 0.6) is 11.6 Å². The number of aromatic nitrogens is 1. The number of fused-ring (bicyclic) bond motifs is 1. The summed E-state index contributed by atoms with van der Waals surface area (Å²) < 4.78 is 11.4. The first kappa shape index (κ1) is 8.62. The third-order valence-corrected chi connectivity index (χ3v) is 2.36. The minimum absolute atomic E-state index is 0.603. The van der Waals surface area contributed by atoms with Crippen molar-refractivity contribution in [1.82, 2.24) is 4.98 Å². The molecule has 0 saturated carbocycles. The summed E-state index contributed by atoms with van der Waals surface area (Å²) in [6.07, 6.45) is 1.67. The number of anilines is 1. The normalized spacial score (nSPS) is 14.0. The molecule has 0 bridgehead atoms. The Labute approximate surface area is 84.4 Å². The van der Waals surface area contributed by atoms with Crippen LogP contribution in [-0.2, 0) is 0 Å². The highest BCUT2D eigenvalue weighted by Crippen LogP contribution is 2.39.